The molecule has 0 radical (unpaired) electrons. The second kappa shape index (κ2) is 20.3. The third-order valence-corrected chi connectivity index (χ3v) is 8.86. The maximum atomic E-state index is 12.3. The molecule has 1 N–H and O–H groups in total. The monoisotopic (exact) mass is 475 g/mol. The lowest BCUT2D eigenvalue weighted by atomic mass is 10.0. The molecular formula is C27H59N2O2S+. The van der Waals surface area contributed by atoms with Gasteiger partial charge in [-0.2, -0.15) is 0 Å². The summed E-state index contributed by atoms with van der Waals surface area (Å²) < 4.78 is 28.6. The summed E-state index contributed by atoms with van der Waals surface area (Å²) in [5.74, 6) is 0.281. The Kier molecular flexibility index (Phi) is 20.2. The SMILES string of the molecule is CCCCCCCCCCCCCCCCCCS(=O)(=O)NC(C)CC[N+](C)(CC)CC. The van der Waals surface area contributed by atoms with Crippen LogP contribution in [0.15, 0.2) is 0 Å². The Labute approximate surface area is 203 Å². The molecule has 0 fully saturated rings. The molecule has 0 heterocycles. The molecule has 0 aromatic rings. The summed E-state index contributed by atoms with van der Waals surface area (Å²) >= 11 is 0. The van der Waals surface area contributed by atoms with Crippen molar-refractivity contribution in [2.75, 3.05) is 32.4 Å². The molecule has 0 saturated carbocycles. The number of quaternary nitrogens is 1. The van der Waals surface area contributed by atoms with Gasteiger partial charge in [0.2, 0.25) is 10.0 Å². The normalized spacial score (nSPS) is 13.5. The summed E-state index contributed by atoms with van der Waals surface area (Å²) in [6, 6.07) is 0.0246. The van der Waals surface area contributed by atoms with Crippen molar-refractivity contribution in [2.45, 2.75) is 143 Å². The van der Waals surface area contributed by atoms with Crippen LogP contribution in [0.5, 0.6) is 0 Å². The van der Waals surface area contributed by atoms with Crippen LogP contribution in [0.4, 0.5) is 0 Å². The molecule has 1 atom stereocenters. The zero-order chi connectivity index (χ0) is 24.1. The predicted octanol–water partition coefficient (Wildman–Crippen LogP) is 7.43. The number of unbranched alkanes of at least 4 members (excludes halogenated alkanes) is 15. The Balaban J connectivity index is 3.55. The van der Waals surface area contributed by atoms with E-state index in [9.17, 15) is 8.42 Å². The molecule has 32 heavy (non-hydrogen) atoms. The minimum Gasteiger partial charge on any atom is -0.326 e. The zero-order valence-electron chi connectivity index (χ0n) is 22.6. The molecule has 194 valence electrons. The Bertz CT molecular complexity index is 504. The van der Waals surface area contributed by atoms with Crippen molar-refractivity contribution >= 4 is 10.0 Å². The molecule has 1 unspecified atom stereocenters. The Morgan fingerprint density at radius 1 is 0.656 bits per heavy atom. The van der Waals surface area contributed by atoms with Gasteiger partial charge in [0.1, 0.15) is 0 Å². The van der Waals surface area contributed by atoms with Gasteiger partial charge in [-0.05, 0) is 27.2 Å². The van der Waals surface area contributed by atoms with E-state index < -0.39 is 10.0 Å². The van der Waals surface area contributed by atoms with Gasteiger partial charge in [0.25, 0.3) is 0 Å². The van der Waals surface area contributed by atoms with Crippen molar-refractivity contribution in [3.63, 3.8) is 0 Å². The van der Waals surface area contributed by atoms with E-state index in [2.05, 4.69) is 32.5 Å². The van der Waals surface area contributed by atoms with Crippen LogP contribution in [0.25, 0.3) is 0 Å². The van der Waals surface area contributed by atoms with Crippen molar-refractivity contribution in [2.24, 2.45) is 0 Å². The van der Waals surface area contributed by atoms with Gasteiger partial charge >= 0.3 is 0 Å². The van der Waals surface area contributed by atoms with Crippen molar-refractivity contribution in [3.05, 3.63) is 0 Å². The summed E-state index contributed by atoms with van der Waals surface area (Å²) in [5, 5.41) is 0. The van der Waals surface area contributed by atoms with Crippen LogP contribution in [0.3, 0.4) is 0 Å². The van der Waals surface area contributed by atoms with Crippen molar-refractivity contribution in [1.29, 1.82) is 0 Å². The smallest absolute Gasteiger partial charge is 0.211 e. The molecule has 4 nitrogen and oxygen atoms in total. The summed E-state index contributed by atoms with van der Waals surface area (Å²) in [6.45, 7) is 11.9. The van der Waals surface area contributed by atoms with Crippen LogP contribution < -0.4 is 4.72 Å². The second-order valence-electron chi connectivity index (χ2n) is 10.4. The third kappa shape index (κ3) is 19.3. The lowest BCUT2D eigenvalue weighted by molar-refractivity contribution is -0.906. The zero-order valence-corrected chi connectivity index (χ0v) is 23.4. The summed E-state index contributed by atoms with van der Waals surface area (Å²) in [5.41, 5.74) is 0. The number of sulfonamides is 1. The highest BCUT2D eigenvalue weighted by molar-refractivity contribution is 7.89. The Morgan fingerprint density at radius 2 is 1.03 bits per heavy atom. The molecule has 0 saturated heterocycles. The molecule has 5 heteroatoms. The van der Waals surface area contributed by atoms with Crippen molar-refractivity contribution in [1.82, 2.24) is 4.72 Å². The predicted molar refractivity (Wildman–Crippen MR) is 143 cm³/mol. The first-order valence-corrected chi connectivity index (χ1v) is 15.8. The van der Waals surface area contributed by atoms with Crippen molar-refractivity contribution < 1.29 is 12.9 Å². The first-order chi connectivity index (χ1) is 15.3. The molecule has 0 spiro atoms. The summed E-state index contributed by atoms with van der Waals surface area (Å²) in [4.78, 5) is 0. The van der Waals surface area contributed by atoms with E-state index in [4.69, 9.17) is 0 Å². The average molecular weight is 476 g/mol. The Hall–Kier alpha value is -0.130. The fourth-order valence-corrected chi connectivity index (χ4v) is 5.74. The number of nitrogens with zero attached hydrogens (tertiary/aromatic N) is 1. The van der Waals surface area contributed by atoms with E-state index in [1.165, 1.54) is 89.9 Å². The molecule has 0 amide bonds. The van der Waals surface area contributed by atoms with Crippen LogP contribution >= 0.6 is 0 Å². The fourth-order valence-electron chi connectivity index (χ4n) is 4.31. The van der Waals surface area contributed by atoms with Gasteiger partial charge < -0.3 is 4.48 Å². The van der Waals surface area contributed by atoms with E-state index in [1.54, 1.807) is 0 Å². The highest BCUT2D eigenvalue weighted by atomic mass is 32.2. The molecule has 0 rings (SSSR count). The van der Waals surface area contributed by atoms with E-state index in [-0.39, 0.29) is 11.8 Å². The van der Waals surface area contributed by atoms with E-state index in [1.807, 2.05) is 6.92 Å². The molecule has 0 aliphatic heterocycles. The molecule has 0 bridgehead atoms. The first-order valence-electron chi connectivity index (χ1n) is 14.1. The van der Waals surface area contributed by atoms with E-state index in [0.29, 0.717) is 0 Å². The van der Waals surface area contributed by atoms with Gasteiger partial charge in [-0.1, -0.05) is 103 Å². The van der Waals surface area contributed by atoms with Gasteiger partial charge in [0.15, 0.2) is 0 Å². The molecule has 0 aromatic heterocycles. The van der Waals surface area contributed by atoms with Gasteiger partial charge in [-0.25, -0.2) is 13.1 Å². The molecular weight excluding hydrogens is 416 g/mol. The van der Waals surface area contributed by atoms with Crippen LogP contribution in [-0.2, 0) is 10.0 Å². The maximum absolute atomic E-state index is 12.3. The highest BCUT2D eigenvalue weighted by Gasteiger charge is 2.20. The summed E-state index contributed by atoms with van der Waals surface area (Å²) in [6.07, 6.45) is 21.9. The Morgan fingerprint density at radius 3 is 1.41 bits per heavy atom. The quantitative estimate of drug-likeness (QED) is 0.116. The largest absolute Gasteiger partial charge is 0.326 e. The van der Waals surface area contributed by atoms with Gasteiger partial charge in [-0.3, -0.25) is 0 Å². The first kappa shape index (κ1) is 31.9. The lowest BCUT2D eigenvalue weighted by Crippen LogP contribution is -2.46. The number of hydrogen-bond donors (Lipinski definition) is 1. The second-order valence-corrected chi connectivity index (χ2v) is 12.3. The summed E-state index contributed by atoms with van der Waals surface area (Å²) in [7, 11) is -0.891. The van der Waals surface area contributed by atoms with Crippen LogP contribution in [0.2, 0.25) is 0 Å². The average Bonchev–Trinajstić information content (AvgIpc) is 2.76. The molecule has 0 aliphatic carbocycles. The lowest BCUT2D eigenvalue weighted by Gasteiger charge is -2.33. The number of nitrogens with one attached hydrogen (secondary N) is 1. The fraction of sp³-hybridized carbons (Fsp3) is 1.00. The molecule has 0 aliphatic rings. The third-order valence-electron chi connectivity index (χ3n) is 7.28. The van der Waals surface area contributed by atoms with Crippen LogP contribution in [-0.4, -0.2) is 51.4 Å². The minimum atomic E-state index is -3.14. The van der Waals surface area contributed by atoms with Crippen molar-refractivity contribution in [3.8, 4) is 0 Å². The van der Waals surface area contributed by atoms with Gasteiger partial charge in [0, 0.05) is 12.5 Å². The molecule has 0 aromatic carbocycles. The minimum absolute atomic E-state index is 0.0246. The van der Waals surface area contributed by atoms with E-state index >= 15 is 0 Å². The number of hydrogen-bond acceptors (Lipinski definition) is 2. The highest BCUT2D eigenvalue weighted by Crippen LogP contribution is 2.14. The number of rotatable bonds is 24. The standard InChI is InChI=1S/C27H59N2O2S/c1-6-9-10-11-12-13-14-15-16-17-18-19-20-21-22-23-26-32(30,31)28-27(4)24-25-29(5,7-2)8-3/h27-28H,6-26H2,1-5H3/q+1. The van der Waals surface area contributed by atoms with Gasteiger partial charge in [-0.15, -0.1) is 0 Å². The maximum Gasteiger partial charge on any atom is 0.211 e. The topological polar surface area (TPSA) is 46.2 Å². The van der Waals surface area contributed by atoms with Gasteiger partial charge in [0.05, 0.1) is 32.4 Å². The van der Waals surface area contributed by atoms with E-state index in [0.717, 1.165) is 43.4 Å². The van der Waals surface area contributed by atoms with Crippen LogP contribution in [0.1, 0.15) is 137 Å². The van der Waals surface area contributed by atoms with Crippen LogP contribution in [0, 0.1) is 0 Å².